The van der Waals surface area contributed by atoms with E-state index in [0.717, 1.165) is 24.0 Å². The van der Waals surface area contributed by atoms with E-state index >= 15 is 0 Å². The zero-order chi connectivity index (χ0) is 17.7. The number of aromatic nitrogens is 2. The summed E-state index contributed by atoms with van der Waals surface area (Å²) in [6, 6.07) is 6.07. The number of hydrogen-bond acceptors (Lipinski definition) is 4. The Morgan fingerprint density at radius 1 is 0.880 bits per heavy atom. The average Bonchev–Trinajstić information content (AvgIpc) is 2.84. The normalized spacial score (nSPS) is 16.3. The number of nitrogens with one attached hydrogen (secondary N) is 1. The second kappa shape index (κ2) is 7.72. The first-order chi connectivity index (χ1) is 12.0. The monoisotopic (exact) mass is 351 g/mol. The summed E-state index contributed by atoms with van der Waals surface area (Å²) in [7, 11) is 0. The van der Waals surface area contributed by atoms with Crippen molar-refractivity contribution >= 4 is 5.95 Å². The van der Waals surface area contributed by atoms with Crippen LogP contribution in [0.2, 0.25) is 0 Å². The zero-order valence-electron chi connectivity index (χ0n) is 13.7. The van der Waals surface area contributed by atoms with Gasteiger partial charge < -0.3 is 10.1 Å². The molecule has 0 unspecified atom stereocenters. The Bertz CT molecular complexity index is 663. The number of hydrogen-bond donors (Lipinski definition) is 1. The zero-order valence-corrected chi connectivity index (χ0v) is 13.7. The molecule has 1 saturated carbocycles. The van der Waals surface area contributed by atoms with Crippen molar-refractivity contribution in [3.05, 3.63) is 36.7 Å². The van der Waals surface area contributed by atoms with Gasteiger partial charge in [-0.15, -0.1) is 13.2 Å². The quantitative estimate of drug-likeness (QED) is 0.771. The molecule has 3 rings (SSSR count). The van der Waals surface area contributed by atoms with Gasteiger partial charge in [0, 0.05) is 24.0 Å². The van der Waals surface area contributed by atoms with Crippen LogP contribution in [-0.4, -0.2) is 22.4 Å². The van der Waals surface area contributed by atoms with Crippen LogP contribution in [0.15, 0.2) is 36.7 Å². The van der Waals surface area contributed by atoms with Gasteiger partial charge in [-0.25, -0.2) is 9.97 Å². The summed E-state index contributed by atoms with van der Waals surface area (Å²) in [5.41, 5.74) is 1.47. The molecule has 1 aromatic heterocycles. The summed E-state index contributed by atoms with van der Waals surface area (Å²) in [5, 5.41) is 3.37. The smallest absolute Gasteiger partial charge is 0.406 e. The maximum atomic E-state index is 12.2. The van der Waals surface area contributed by atoms with Gasteiger partial charge in [-0.3, -0.25) is 0 Å². The van der Waals surface area contributed by atoms with E-state index in [2.05, 4.69) is 20.0 Å². The molecule has 0 bridgehead atoms. The van der Waals surface area contributed by atoms with E-state index in [1.54, 1.807) is 24.5 Å². The predicted molar refractivity (Wildman–Crippen MR) is 89.3 cm³/mol. The van der Waals surface area contributed by atoms with Gasteiger partial charge in [0.2, 0.25) is 5.95 Å². The van der Waals surface area contributed by atoms with Gasteiger partial charge in [0.05, 0.1) is 0 Å². The molecule has 0 radical (unpaired) electrons. The fraction of sp³-hybridized carbons (Fsp3) is 0.444. The number of halogens is 3. The van der Waals surface area contributed by atoms with Crippen molar-refractivity contribution in [2.45, 2.75) is 50.9 Å². The number of rotatable bonds is 4. The SMILES string of the molecule is FC(F)(F)Oc1ccc(-c2cnc(NC3CCCCCC3)nc2)cc1. The molecule has 0 aliphatic heterocycles. The molecule has 1 aliphatic rings. The lowest BCUT2D eigenvalue weighted by Crippen LogP contribution is -2.19. The second-order valence-electron chi connectivity index (χ2n) is 6.20. The molecule has 1 fully saturated rings. The van der Waals surface area contributed by atoms with Gasteiger partial charge in [-0.1, -0.05) is 37.8 Å². The predicted octanol–water partition coefficient (Wildman–Crippen LogP) is 5.18. The Hall–Kier alpha value is -2.31. The van der Waals surface area contributed by atoms with Gasteiger partial charge in [0.15, 0.2) is 0 Å². The molecular weight excluding hydrogens is 331 g/mol. The van der Waals surface area contributed by atoms with E-state index in [9.17, 15) is 13.2 Å². The van der Waals surface area contributed by atoms with Crippen LogP contribution in [0.1, 0.15) is 38.5 Å². The fourth-order valence-corrected chi connectivity index (χ4v) is 3.01. The minimum Gasteiger partial charge on any atom is -0.406 e. The Morgan fingerprint density at radius 2 is 1.48 bits per heavy atom. The molecule has 134 valence electrons. The van der Waals surface area contributed by atoms with Crippen LogP contribution in [0.3, 0.4) is 0 Å². The average molecular weight is 351 g/mol. The molecule has 25 heavy (non-hydrogen) atoms. The summed E-state index contributed by atoms with van der Waals surface area (Å²) in [5.74, 6) is 0.344. The Morgan fingerprint density at radius 3 is 2.04 bits per heavy atom. The van der Waals surface area contributed by atoms with Crippen LogP contribution in [0.25, 0.3) is 11.1 Å². The summed E-state index contributed by atoms with van der Waals surface area (Å²) in [6.07, 6.45) is 5.94. The van der Waals surface area contributed by atoms with Gasteiger partial charge >= 0.3 is 6.36 Å². The third-order valence-corrected chi connectivity index (χ3v) is 4.26. The molecule has 2 aromatic rings. The van der Waals surface area contributed by atoms with Gasteiger partial charge in [0.1, 0.15) is 5.75 Å². The van der Waals surface area contributed by atoms with Crippen molar-refractivity contribution in [2.24, 2.45) is 0 Å². The first-order valence-corrected chi connectivity index (χ1v) is 8.44. The van der Waals surface area contributed by atoms with Crippen LogP contribution in [0.5, 0.6) is 5.75 Å². The van der Waals surface area contributed by atoms with E-state index in [1.807, 2.05) is 0 Å². The van der Waals surface area contributed by atoms with Crippen LogP contribution in [0.4, 0.5) is 19.1 Å². The van der Waals surface area contributed by atoms with Gasteiger partial charge in [0.25, 0.3) is 0 Å². The Balaban J connectivity index is 1.63. The maximum Gasteiger partial charge on any atom is 0.573 e. The number of ether oxygens (including phenoxy) is 1. The highest BCUT2D eigenvalue weighted by molar-refractivity contribution is 5.62. The van der Waals surface area contributed by atoms with E-state index in [0.29, 0.717) is 12.0 Å². The number of anilines is 1. The number of alkyl halides is 3. The molecule has 1 aromatic carbocycles. The molecule has 7 heteroatoms. The van der Waals surface area contributed by atoms with Crippen molar-refractivity contribution in [1.29, 1.82) is 0 Å². The number of nitrogens with zero attached hydrogens (tertiary/aromatic N) is 2. The molecule has 0 spiro atoms. The van der Waals surface area contributed by atoms with Gasteiger partial charge in [-0.05, 0) is 30.5 Å². The molecule has 0 amide bonds. The molecular formula is C18H20F3N3O. The van der Waals surface area contributed by atoms with E-state index in [-0.39, 0.29) is 5.75 Å². The summed E-state index contributed by atoms with van der Waals surface area (Å²) in [6.45, 7) is 0. The van der Waals surface area contributed by atoms with Crippen LogP contribution in [0, 0.1) is 0 Å². The summed E-state index contributed by atoms with van der Waals surface area (Å²) in [4.78, 5) is 8.66. The summed E-state index contributed by atoms with van der Waals surface area (Å²) >= 11 is 0. The minimum absolute atomic E-state index is 0.246. The van der Waals surface area contributed by atoms with Crippen molar-refractivity contribution in [2.75, 3.05) is 5.32 Å². The highest BCUT2D eigenvalue weighted by Crippen LogP contribution is 2.26. The summed E-state index contributed by atoms with van der Waals surface area (Å²) < 4.78 is 40.4. The third kappa shape index (κ3) is 5.34. The van der Waals surface area contributed by atoms with E-state index in [4.69, 9.17) is 0 Å². The standard InChI is InChI=1S/C18H20F3N3O/c19-18(20,21)25-16-9-7-13(8-10-16)14-11-22-17(23-12-14)24-15-5-3-1-2-4-6-15/h7-12,15H,1-6H2,(H,22,23,24). The van der Waals surface area contributed by atoms with Crippen LogP contribution < -0.4 is 10.1 Å². The second-order valence-corrected chi connectivity index (χ2v) is 6.20. The molecule has 1 heterocycles. The largest absolute Gasteiger partial charge is 0.573 e. The lowest BCUT2D eigenvalue weighted by Gasteiger charge is -2.16. The van der Waals surface area contributed by atoms with Crippen molar-refractivity contribution in [1.82, 2.24) is 9.97 Å². The van der Waals surface area contributed by atoms with Crippen LogP contribution in [-0.2, 0) is 0 Å². The Kier molecular flexibility index (Phi) is 5.40. The molecule has 4 nitrogen and oxygen atoms in total. The maximum absolute atomic E-state index is 12.2. The highest BCUT2D eigenvalue weighted by Gasteiger charge is 2.30. The Labute approximate surface area is 144 Å². The number of benzene rings is 1. The highest BCUT2D eigenvalue weighted by atomic mass is 19.4. The minimum atomic E-state index is -4.68. The van der Waals surface area contributed by atoms with Crippen molar-refractivity contribution in [3.63, 3.8) is 0 Å². The van der Waals surface area contributed by atoms with Crippen molar-refractivity contribution < 1.29 is 17.9 Å². The lowest BCUT2D eigenvalue weighted by molar-refractivity contribution is -0.274. The molecule has 1 N–H and O–H groups in total. The lowest BCUT2D eigenvalue weighted by atomic mass is 10.1. The van der Waals surface area contributed by atoms with Crippen molar-refractivity contribution in [3.8, 4) is 16.9 Å². The van der Waals surface area contributed by atoms with Crippen LogP contribution >= 0.6 is 0 Å². The first kappa shape index (κ1) is 17.5. The molecule has 0 saturated heterocycles. The van der Waals surface area contributed by atoms with Gasteiger partial charge in [-0.2, -0.15) is 0 Å². The van der Waals surface area contributed by atoms with E-state index in [1.165, 1.54) is 37.8 Å². The first-order valence-electron chi connectivity index (χ1n) is 8.44. The third-order valence-electron chi connectivity index (χ3n) is 4.26. The fourth-order valence-electron chi connectivity index (χ4n) is 3.01. The topological polar surface area (TPSA) is 47.0 Å². The molecule has 1 aliphatic carbocycles. The van der Waals surface area contributed by atoms with E-state index < -0.39 is 6.36 Å². The molecule has 0 atom stereocenters.